The van der Waals surface area contributed by atoms with Crippen molar-refractivity contribution in [1.29, 1.82) is 0 Å². The van der Waals surface area contributed by atoms with Crippen molar-refractivity contribution in [2.24, 2.45) is 5.92 Å². The molecule has 0 aliphatic heterocycles. The van der Waals surface area contributed by atoms with Crippen LogP contribution in [0.15, 0.2) is 36.5 Å². The van der Waals surface area contributed by atoms with E-state index in [0.717, 1.165) is 21.8 Å². The molecule has 3 aromatic rings. The zero-order valence-corrected chi connectivity index (χ0v) is 16.8. The summed E-state index contributed by atoms with van der Waals surface area (Å²) < 4.78 is 0. The van der Waals surface area contributed by atoms with E-state index < -0.39 is 36.0 Å². The first-order valence-corrected chi connectivity index (χ1v) is 9.57. The van der Waals surface area contributed by atoms with Gasteiger partial charge in [0.2, 0.25) is 5.91 Å². The van der Waals surface area contributed by atoms with Gasteiger partial charge in [-0.1, -0.05) is 32.0 Å². The van der Waals surface area contributed by atoms with Gasteiger partial charge in [0.1, 0.15) is 11.7 Å². The van der Waals surface area contributed by atoms with Gasteiger partial charge < -0.3 is 25.8 Å². The first-order valence-electron chi connectivity index (χ1n) is 9.57. The highest BCUT2D eigenvalue weighted by molar-refractivity contribution is 6.09. The summed E-state index contributed by atoms with van der Waals surface area (Å²) in [5, 5.41) is 25.4. The first kappa shape index (κ1) is 21.3. The highest BCUT2D eigenvalue weighted by Crippen LogP contribution is 2.25. The molecule has 3 unspecified atom stereocenters. The van der Waals surface area contributed by atoms with Gasteiger partial charge in [0, 0.05) is 16.3 Å². The molecular formula is C21H24N4O5. The first-order chi connectivity index (χ1) is 14.2. The molecule has 9 heteroatoms. The van der Waals surface area contributed by atoms with Crippen molar-refractivity contribution in [3.8, 4) is 0 Å². The average molecular weight is 412 g/mol. The number of hydrogen-bond acceptors (Lipinski definition) is 5. The maximum Gasteiger partial charge on any atom is 0.328 e. The van der Waals surface area contributed by atoms with Gasteiger partial charge in [0.15, 0.2) is 6.04 Å². The summed E-state index contributed by atoms with van der Waals surface area (Å²) in [6, 6.07) is 6.83. The van der Waals surface area contributed by atoms with Crippen LogP contribution in [0.2, 0.25) is 0 Å². The molecule has 3 rings (SSSR count). The van der Waals surface area contributed by atoms with E-state index in [1.807, 2.05) is 24.3 Å². The smallest absolute Gasteiger partial charge is 0.328 e. The Bertz CT molecular complexity index is 1110. The molecule has 2 heterocycles. The fraction of sp³-hybridized carbons (Fsp3) is 0.333. The number of carboxylic acids is 1. The maximum absolute atomic E-state index is 12.8. The molecule has 0 aliphatic rings. The number of carbonyl (C=O) groups excluding carboxylic acids is 2. The van der Waals surface area contributed by atoms with Crippen molar-refractivity contribution < 1.29 is 24.6 Å². The number of benzene rings is 1. The van der Waals surface area contributed by atoms with E-state index in [9.17, 15) is 19.5 Å². The molecular weight excluding hydrogens is 388 g/mol. The van der Waals surface area contributed by atoms with Crippen molar-refractivity contribution in [2.45, 2.75) is 39.0 Å². The lowest BCUT2D eigenvalue weighted by molar-refractivity contribution is -0.145. The van der Waals surface area contributed by atoms with Crippen molar-refractivity contribution in [2.75, 3.05) is 0 Å². The molecule has 0 radical (unpaired) electrons. The topological polar surface area (TPSA) is 144 Å². The molecule has 0 fully saturated rings. The second-order valence-electron chi connectivity index (χ2n) is 7.55. The minimum Gasteiger partial charge on any atom is -0.480 e. The fourth-order valence-electron chi connectivity index (χ4n) is 3.26. The summed E-state index contributed by atoms with van der Waals surface area (Å²) in [7, 11) is 0. The van der Waals surface area contributed by atoms with Crippen LogP contribution in [0, 0.1) is 5.92 Å². The number of aliphatic hydroxyl groups excluding tert-OH is 1. The van der Waals surface area contributed by atoms with Crippen LogP contribution in [0.1, 0.15) is 31.3 Å². The summed E-state index contributed by atoms with van der Waals surface area (Å²) in [4.78, 5) is 44.0. The van der Waals surface area contributed by atoms with Crippen LogP contribution >= 0.6 is 0 Å². The number of aromatic amines is 1. The lowest BCUT2D eigenvalue weighted by atomic mass is 10.0. The van der Waals surface area contributed by atoms with Crippen LogP contribution in [0.5, 0.6) is 0 Å². The third-order valence-corrected chi connectivity index (χ3v) is 4.91. The molecule has 0 spiro atoms. The van der Waals surface area contributed by atoms with Crippen LogP contribution in [0.25, 0.3) is 21.8 Å². The number of nitrogens with one attached hydrogen (secondary N) is 3. The lowest BCUT2D eigenvalue weighted by Gasteiger charge is -2.24. The Morgan fingerprint density at radius 2 is 1.70 bits per heavy atom. The molecule has 1 aromatic carbocycles. The minimum atomic E-state index is -1.48. The van der Waals surface area contributed by atoms with E-state index in [1.54, 1.807) is 26.1 Å². The standard InChI is InChI=1S/C21H24N4O5/c1-10(2)17(20(28)25-18(11(3)26)21(29)30)24-19(27)15-8-13-12-6-4-5-7-14(12)23-16(13)9-22-15/h4-11,17-18,23,26H,1-3H3,(H,24,27)(H,25,28)(H,29,30). The highest BCUT2D eigenvalue weighted by Gasteiger charge is 2.31. The molecule has 0 aliphatic carbocycles. The van der Waals surface area contributed by atoms with E-state index in [2.05, 4.69) is 20.6 Å². The second-order valence-corrected chi connectivity index (χ2v) is 7.55. The maximum atomic E-state index is 12.8. The monoisotopic (exact) mass is 412 g/mol. The quantitative estimate of drug-likeness (QED) is 0.397. The average Bonchev–Trinajstić information content (AvgIpc) is 3.06. The zero-order chi connectivity index (χ0) is 22.0. The predicted molar refractivity (Wildman–Crippen MR) is 111 cm³/mol. The number of H-pyrrole nitrogens is 1. The summed E-state index contributed by atoms with van der Waals surface area (Å²) in [6.07, 6.45) is 0.267. The second kappa shape index (κ2) is 8.50. The normalized spacial score (nSPS) is 14.4. The van der Waals surface area contributed by atoms with Crippen LogP contribution in [-0.2, 0) is 9.59 Å². The molecule has 158 valence electrons. The van der Waals surface area contributed by atoms with E-state index in [1.165, 1.54) is 6.92 Å². The summed E-state index contributed by atoms with van der Waals surface area (Å²) >= 11 is 0. The SMILES string of the molecule is CC(C)C(NC(=O)c1cc2c(cn1)[nH]c1ccccc12)C(=O)NC(C(=O)O)C(C)O. The number of carbonyl (C=O) groups is 3. The van der Waals surface area contributed by atoms with E-state index in [-0.39, 0.29) is 11.6 Å². The Morgan fingerprint density at radius 3 is 2.33 bits per heavy atom. The van der Waals surface area contributed by atoms with Gasteiger partial charge in [-0.2, -0.15) is 0 Å². The van der Waals surface area contributed by atoms with Gasteiger partial charge in [-0.05, 0) is 25.0 Å². The molecule has 3 atom stereocenters. The zero-order valence-electron chi connectivity index (χ0n) is 16.8. The number of aliphatic hydroxyl groups is 1. The summed E-state index contributed by atoms with van der Waals surface area (Å²) in [6.45, 7) is 4.71. The van der Waals surface area contributed by atoms with Gasteiger partial charge in [0.05, 0.1) is 17.8 Å². The minimum absolute atomic E-state index is 0.135. The third kappa shape index (κ3) is 4.25. The largest absolute Gasteiger partial charge is 0.480 e. The Labute approximate surface area is 172 Å². The number of aliphatic carboxylic acids is 1. The van der Waals surface area contributed by atoms with Crippen LogP contribution in [0.4, 0.5) is 0 Å². The van der Waals surface area contributed by atoms with Crippen molar-refractivity contribution in [3.05, 3.63) is 42.2 Å². The summed E-state index contributed by atoms with van der Waals surface area (Å²) in [5.74, 6) is -2.94. The molecule has 2 aromatic heterocycles. The Kier molecular flexibility index (Phi) is 6.02. The van der Waals surface area contributed by atoms with Gasteiger partial charge >= 0.3 is 5.97 Å². The number of para-hydroxylation sites is 1. The number of aromatic nitrogens is 2. The summed E-state index contributed by atoms with van der Waals surface area (Å²) in [5.41, 5.74) is 1.84. The van der Waals surface area contributed by atoms with E-state index in [0.29, 0.717) is 0 Å². The number of amides is 2. The molecule has 30 heavy (non-hydrogen) atoms. The van der Waals surface area contributed by atoms with E-state index in [4.69, 9.17) is 5.11 Å². The van der Waals surface area contributed by atoms with Crippen LogP contribution in [-0.4, -0.2) is 56.2 Å². The Hall–Kier alpha value is -3.46. The van der Waals surface area contributed by atoms with Crippen molar-refractivity contribution >= 4 is 39.6 Å². The van der Waals surface area contributed by atoms with Gasteiger partial charge in [-0.25, -0.2) is 9.78 Å². The number of nitrogens with zero attached hydrogens (tertiary/aromatic N) is 1. The van der Waals surface area contributed by atoms with Crippen LogP contribution < -0.4 is 10.6 Å². The highest BCUT2D eigenvalue weighted by atomic mass is 16.4. The van der Waals surface area contributed by atoms with Crippen molar-refractivity contribution in [3.63, 3.8) is 0 Å². The molecule has 9 nitrogen and oxygen atoms in total. The number of pyridine rings is 1. The molecule has 5 N–H and O–H groups in total. The number of fused-ring (bicyclic) bond motifs is 3. The Morgan fingerprint density at radius 1 is 1.00 bits per heavy atom. The van der Waals surface area contributed by atoms with Crippen molar-refractivity contribution in [1.82, 2.24) is 20.6 Å². The van der Waals surface area contributed by atoms with Gasteiger partial charge in [0.25, 0.3) is 5.91 Å². The Balaban J connectivity index is 1.83. The molecule has 2 amide bonds. The molecule has 0 saturated carbocycles. The van der Waals surface area contributed by atoms with Crippen LogP contribution in [0.3, 0.4) is 0 Å². The predicted octanol–water partition coefficient (Wildman–Crippen LogP) is 1.42. The number of hydrogen-bond donors (Lipinski definition) is 5. The molecule has 0 saturated heterocycles. The van der Waals surface area contributed by atoms with Gasteiger partial charge in [-0.15, -0.1) is 0 Å². The fourth-order valence-corrected chi connectivity index (χ4v) is 3.26. The lowest BCUT2D eigenvalue weighted by Crippen LogP contribution is -2.56. The number of rotatable bonds is 7. The van der Waals surface area contributed by atoms with Gasteiger partial charge in [-0.3, -0.25) is 9.59 Å². The number of carboxylic acid groups (broad SMARTS) is 1. The molecule has 0 bridgehead atoms. The third-order valence-electron chi connectivity index (χ3n) is 4.91. The van der Waals surface area contributed by atoms with E-state index >= 15 is 0 Å².